The fourth-order valence-corrected chi connectivity index (χ4v) is 3.65. The molecule has 0 unspecified atom stereocenters. The molecule has 1 amide bonds. The van der Waals surface area contributed by atoms with E-state index in [1.54, 1.807) is 6.07 Å². The predicted molar refractivity (Wildman–Crippen MR) is 109 cm³/mol. The molecule has 0 radical (unpaired) electrons. The summed E-state index contributed by atoms with van der Waals surface area (Å²) < 4.78 is 61.7. The van der Waals surface area contributed by atoms with Crippen molar-refractivity contribution in [2.45, 2.75) is 23.9 Å². The summed E-state index contributed by atoms with van der Waals surface area (Å²) in [7, 11) is 0. The summed E-state index contributed by atoms with van der Waals surface area (Å²) in [5, 5.41) is 3.93. The topological polar surface area (TPSA) is 69.0 Å². The van der Waals surface area contributed by atoms with E-state index in [2.05, 4.69) is 14.8 Å². The first kappa shape index (κ1) is 22.4. The van der Waals surface area contributed by atoms with Crippen molar-refractivity contribution in [2.75, 3.05) is 6.61 Å². The SMILES string of the molecule is O=C(NSc1ccccc1F)c1ccc(-n2ccc(OCC3(C(F)(F)F)CC3)n2)nc1Cl. The third-order valence-corrected chi connectivity index (χ3v) is 6.05. The number of aromatic nitrogens is 3. The molecule has 0 saturated heterocycles. The lowest BCUT2D eigenvalue weighted by Gasteiger charge is -2.18. The van der Waals surface area contributed by atoms with Gasteiger partial charge in [-0.05, 0) is 49.1 Å². The van der Waals surface area contributed by atoms with E-state index in [0.717, 1.165) is 11.9 Å². The lowest BCUT2D eigenvalue weighted by Crippen LogP contribution is -2.30. The van der Waals surface area contributed by atoms with Crippen molar-refractivity contribution in [1.29, 1.82) is 0 Å². The number of alkyl halides is 3. The van der Waals surface area contributed by atoms with Crippen molar-refractivity contribution in [1.82, 2.24) is 19.5 Å². The quantitative estimate of drug-likeness (QED) is 0.282. The number of benzene rings is 1. The molecule has 2 heterocycles. The van der Waals surface area contributed by atoms with Crippen LogP contribution < -0.4 is 9.46 Å². The largest absolute Gasteiger partial charge is 0.476 e. The molecule has 1 saturated carbocycles. The molecule has 1 fully saturated rings. The van der Waals surface area contributed by atoms with E-state index in [0.29, 0.717) is 0 Å². The molecule has 0 spiro atoms. The van der Waals surface area contributed by atoms with Gasteiger partial charge in [0, 0.05) is 12.3 Å². The lowest BCUT2D eigenvalue weighted by atomic mass is 10.1. The summed E-state index contributed by atoms with van der Waals surface area (Å²) in [6, 6.07) is 10.2. The van der Waals surface area contributed by atoms with Crippen LogP contribution in [0.4, 0.5) is 17.6 Å². The Kier molecular flexibility index (Phi) is 6.04. The van der Waals surface area contributed by atoms with Gasteiger partial charge in [-0.25, -0.2) is 14.1 Å². The molecule has 32 heavy (non-hydrogen) atoms. The van der Waals surface area contributed by atoms with Crippen molar-refractivity contribution >= 4 is 29.5 Å². The Bertz CT molecular complexity index is 1150. The van der Waals surface area contributed by atoms with Crippen LogP contribution in [0.25, 0.3) is 5.82 Å². The molecule has 1 aliphatic carbocycles. The normalized spacial score (nSPS) is 14.8. The molecule has 6 nitrogen and oxygen atoms in total. The van der Waals surface area contributed by atoms with E-state index in [9.17, 15) is 22.4 Å². The third-order valence-electron chi connectivity index (χ3n) is 4.92. The summed E-state index contributed by atoms with van der Waals surface area (Å²) in [6.07, 6.45) is -2.79. The zero-order valence-electron chi connectivity index (χ0n) is 16.2. The van der Waals surface area contributed by atoms with Crippen molar-refractivity contribution in [3.63, 3.8) is 0 Å². The number of pyridine rings is 1. The van der Waals surface area contributed by atoms with Crippen LogP contribution in [0, 0.1) is 11.2 Å². The van der Waals surface area contributed by atoms with E-state index in [-0.39, 0.29) is 40.2 Å². The molecule has 1 aromatic carbocycles. The molecule has 12 heteroatoms. The van der Waals surface area contributed by atoms with Crippen LogP contribution in [-0.2, 0) is 0 Å². The zero-order valence-corrected chi connectivity index (χ0v) is 17.8. The maximum atomic E-state index is 13.7. The van der Waals surface area contributed by atoms with Gasteiger partial charge in [0.25, 0.3) is 5.91 Å². The highest BCUT2D eigenvalue weighted by Gasteiger charge is 2.64. The molecular formula is C20H15ClF4N4O2S. The molecule has 0 atom stereocenters. The van der Waals surface area contributed by atoms with Gasteiger partial charge in [-0.3, -0.25) is 9.52 Å². The number of nitrogens with zero attached hydrogens (tertiary/aromatic N) is 3. The molecule has 0 bridgehead atoms. The highest BCUT2D eigenvalue weighted by Crippen LogP contribution is 2.57. The van der Waals surface area contributed by atoms with Crippen LogP contribution in [0.15, 0.2) is 53.6 Å². The van der Waals surface area contributed by atoms with Gasteiger partial charge in [-0.15, -0.1) is 5.10 Å². The van der Waals surface area contributed by atoms with Crippen LogP contribution in [0.2, 0.25) is 5.15 Å². The Labute approximate surface area is 189 Å². The summed E-state index contributed by atoms with van der Waals surface area (Å²) in [4.78, 5) is 16.7. The molecular weight excluding hydrogens is 472 g/mol. The Morgan fingerprint density at radius 1 is 1.22 bits per heavy atom. The Balaban J connectivity index is 1.40. The van der Waals surface area contributed by atoms with E-state index in [1.807, 2.05) is 0 Å². The van der Waals surface area contributed by atoms with E-state index >= 15 is 0 Å². The van der Waals surface area contributed by atoms with Crippen LogP contribution in [0.3, 0.4) is 0 Å². The Morgan fingerprint density at radius 3 is 2.62 bits per heavy atom. The van der Waals surface area contributed by atoms with Crippen molar-refractivity contribution in [2.24, 2.45) is 5.41 Å². The molecule has 4 rings (SSSR count). The molecule has 3 aromatic rings. The van der Waals surface area contributed by atoms with Crippen molar-refractivity contribution in [3.8, 4) is 11.7 Å². The van der Waals surface area contributed by atoms with Gasteiger partial charge in [0.2, 0.25) is 5.88 Å². The first-order chi connectivity index (χ1) is 15.2. The van der Waals surface area contributed by atoms with E-state index in [4.69, 9.17) is 16.3 Å². The number of ether oxygens (including phenoxy) is 1. The molecule has 2 aromatic heterocycles. The van der Waals surface area contributed by atoms with Crippen LogP contribution in [0.1, 0.15) is 23.2 Å². The number of amides is 1. The standard InChI is InChI=1S/C20H15ClF4N4O2S/c21-17-12(18(30)28-32-14-4-2-1-3-13(14)22)5-6-15(26-17)29-10-7-16(27-29)31-11-19(8-9-19)20(23,24)25/h1-7,10H,8-9,11H2,(H,28,30). The summed E-state index contributed by atoms with van der Waals surface area (Å²) in [5.41, 5.74) is -1.74. The summed E-state index contributed by atoms with van der Waals surface area (Å²) in [6.45, 7) is -0.500. The first-order valence-corrected chi connectivity index (χ1v) is 10.5. The average molecular weight is 487 g/mol. The Hall–Kier alpha value is -2.79. The second kappa shape index (κ2) is 8.62. The van der Waals surface area contributed by atoms with Crippen LogP contribution in [0.5, 0.6) is 5.88 Å². The average Bonchev–Trinajstić information content (AvgIpc) is 3.42. The minimum Gasteiger partial charge on any atom is -0.476 e. The van der Waals surface area contributed by atoms with Crippen molar-refractivity contribution in [3.05, 3.63) is 65.2 Å². The predicted octanol–water partition coefficient (Wildman–Crippen LogP) is 5.22. The number of carbonyl (C=O) groups excluding carboxylic acids is 1. The molecule has 1 aliphatic rings. The number of nitrogens with one attached hydrogen (secondary N) is 1. The van der Waals surface area contributed by atoms with Crippen molar-refractivity contribution < 1.29 is 27.1 Å². The highest BCUT2D eigenvalue weighted by molar-refractivity contribution is 7.98. The third kappa shape index (κ3) is 4.68. The first-order valence-electron chi connectivity index (χ1n) is 9.32. The zero-order chi connectivity index (χ0) is 22.9. The minimum atomic E-state index is -4.31. The Morgan fingerprint density at radius 2 is 1.97 bits per heavy atom. The summed E-state index contributed by atoms with van der Waals surface area (Å²) >= 11 is 6.92. The lowest BCUT2D eigenvalue weighted by molar-refractivity contribution is -0.194. The smallest absolute Gasteiger partial charge is 0.397 e. The fraction of sp³-hybridized carbons (Fsp3) is 0.250. The number of carbonyl (C=O) groups is 1. The van der Waals surface area contributed by atoms with Gasteiger partial charge in [-0.2, -0.15) is 13.2 Å². The molecule has 1 N–H and O–H groups in total. The number of halogens is 5. The van der Waals surface area contributed by atoms with Gasteiger partial charge in [0.15, 0.2) is 5.82 Å². The fourth-order valence-electron chi connectivity index (χ4n) is 2.79. The van der Waals surface area contributed by atoms with Crippen LogP contribution in [-0.4, -0.2) is 33.5 Å². The van der Waals surface area contributed by atoms with E-state index in [1.165, 1.54) is 47.3 Å². The number of rotatable bonds is 7. The maximum Gasteiger partial charge on any atom is 0.397 e. The van der Waals surface area contributed by atoms with Gasteiger partial charge < -0.3 is 4.74 Å². The highest BCUT2D eigenvalue weighted by atomic mass is 35.5. The van der Waals surface area contributed by atoms with Gasteiger partial charge in [0.05, 0.1) is 10.5 Å². The van der Waals surface area contributed by atoms with Gasteiger partial charge in [0.1, 0.15) is 23.0 Å². The monoisotopic (exact) mass is 486 g/mol. The summed E-state index contributed by atoms with van der Waals surface area (Å²) in [5.74, 6) is -0.799. The minimum absolute atomic E-state index is 0.0153. The molecule has 0 aliphatic heterocycles. The molecule has 168 valence electrons. The van der Waals surface area contributed by atoms with Gasteiger partial charge in [-0.1, -0.05) is 23.7 Å². The second-order valence-corrected chi connectivity index (χ2v) is 8.34. The van der Waals surface area contributed by atoms with Crippen LogP contribution >= 0.6 is 23.5 Å². The van der Waals surface area contributed by atoms with E-state index < -0.39 is 29.9 Å². The number of hydrogen-bond donors (Lipinski definition) is 1. The maximum absolute atomic E-state index is 13.7. The number of hydrogen-bond acceptors (Lipinski definition) is 5. The second-order valence-electron chi connectivity index (χ2n) is 7.14. The van der Waals surface area contributed by atoms with Gasteiger partial charge >= 0.3 is 6.18 Å².